The van der Waals surface area contributed by atoms with Crippen LogP contribution in [0.4, 0.5) is 14.9 Å². The maximum atomic E-state index is 13.5. The van der Waals surface area contributed by atoms with Crippen molar-refractivity contribution in [2.24, 2.45) is 5.92 Å². The first kappa shape index (κ1) is 15.3. The Kier molecular flexibility index (Phi) is 5.14. The summed E-state index contributed by atoms with van der Waals surface area (Å²) >= 11 is 0. The minimum absolute atomic E-state index is 0.232. The Labute approximate surface area is 122 Å². The maximum absolute atomic E-state index is 13.5. The number of benzene rings is 1. The Hall–Kier alpha value is -2.11. The monoisotopic (exact) mass is 294 g/mol. The van der Waals surface area contributed by atoms with Crippen LogP contribution in [0.1, 0.15) is 42.5 Å². The van der Waals surface area contributed by atoms with Crippen LogP contribution >= 0.6 is 0 Å². The number of carbonyl (C=O) groups excluding carboxylic acids is 1. The predicted octanol–water partition coefficient (Wildman–Crippen LogP) is 3.23. The van der Waals surface area contributed by atoms with Crippen LogP contribution in [0.25, 0.3) is 0 Å². The third-order valence-corrected chi connectivity index (χ3v) is 3.77. The van der Waals surface area contributed by atoms with Crippen LogP contribution in [0.5, 0.6) is 0 Å². The highest BCUT2D eigenvalue weighted by Gasteiger charge is 2.15. The number of carbonyl (C=O) groups is 2. The van der Waals surface area contributed by atoms with Gasteiger partial charge < -0.3 is 15.7 Å². The van der Waals surface area contributed by atoms with Gasteiger partial charge in [-0.05, 0) is 30.5 Å². The Morgan fingerprint density at radius 2 is 2.00 bits per heavy atom. The van der Waals surface area contributed by atoms with Crippen LogP contribution in [0.3, 0.4) is 0 Å². The van der Waals surface area contributed by atoms with Gasteiger partial charge in [-0.3, -0.25) is 0 Å². The van der Waals surface area contributed by atoms with Crippen molar-refractivity contribution < 1.29 is 19.1 Å². The predicted molar refractivity (Wildman–Crippen MR) is 77.0 cm³/mol. The Balaban J connectivity index is 1.79. The van der Waals surface area contributed by atoms with Crippen LogP contribution in [-0.4, -0.2) is 23.7 Å². The van der Waals surface area contributed by atoms with E-state index in [2.05, 4.69) is 10.6 Å². The van der Waals surface area contributed by atoms with E-state index in [1.165, 1.54) is 31.7 Å². The molecule has 0 spiro atoms. The lowest BCUT2D eigenvalue weighted by atomic mass is 10.0. The fourth-order valence-electron chi connectivity index (χ4n) is 2.63. The van der Waals surface area contributed by atoms with Gasteiger partial charge in [0.1, 0.15) is 5.82 Å². The summed E-state index contributed by atoms with van der Waals surface area (Å²) < 4.78 is 13.5. The highest BCUT2D eigenvalue weighted by molar-refractivity contribution is 5.91. The number of halogens is 1. The second-order valence-corrected chi connectivity index (χ2v) is 5.32. The molecule has 0 aromatic heterocycles. The molecule has 1 aromatic carbocycles. The van der Waals surface area contributed by atoms with E-state index in [9.17, 15) is 14.0 Å². The van der Waals surface area contributed by atoms with Crippen molar-refractivity contribution in [1.29, 1.82) is 0 Å². The van der Waals surface area contributed by atoms with Gasteiger partial charge in [0.15, 0.2) is 0 Å². The first-order valence-electron chi connectivity index (χ1n) is 7.14. The van der Waals surface area contributed by atoms with Crippen molar-refractivity contribution in [1.82, 2.24) is 5.32 Å². The van der Waals surface area contributed by atoms with Gasteiger partial charge >= 0.3 is 12.0 Å². The van der Waals surface area contributed by atoms with Gasteiger partial charge in [0, 0.05) is 12.2 Å². The van der Waals surface area contributed by atoms with E-state index >= 15 is 0 Å². The van der Waals surface area contributed by atoms with Crippen molar-refractivity contribution in [3.63, 3.8) is 0 Å². The smallest absolute Gasteiger partial charge is 0.338 e. The van der Waals surface area contributed by atoms with Gasteiger partial charge in [0.25, 0.3) is 0 Å². The number of hydrogen-bond donors (Lipinski definition) is 3. The lowest BCUT2D eigenvalue weighted by molar-refractivity contribution is 0.0692. The summed E-state index contributed by atoms with van der Waals surface area (Å²) in [5.41, 5.74) is -0.182. The molecule has 1 aliphatic rings. The lowest BCUT2D eigenvalue weighted by Gasteiger charge is -2.11. The van der Waals surface area contributed by atoms with Crippen LogP contribution in [0.2, 0.25) is 0 Å². The molecule has 0 saturated heterocycles. The number of rotatable bonds is 5. The van der Waals surface area contributed by atoms with E-state index in [-0.39, 0.29) is 5.69 Å². The zero-order valence-corrected chi connectivity index (χ0v) is 11.7. The molecule has 0 unspecified atom stereocenters. The van der Waals surface area contributed by atoms with E-state index in [1.807, 2.05) is 0 Å². The second-order valence-electron chi connectivity index (χ2n) is 5.32. The first-order chi connectivity index (χ1) is 10.1. The van der Waals surface area contributed by atoms with Crippen LogP contribution in [0, 0.1) is 11.7 Å². The maximum Gasteiger partial charge on any atom is 0.338 e. The molecule has 1 fully saturated rings. The molecule has 0 atom stereocenters. The number of amides is 2. The summed E-state index contributed by atoms with van der Waals surface area (Å²) in [6.07, 6.45) is 5.95. The molecule has 1 aromatic rings. The number of carboxylic acids is 1. The molecule has 0 radical (unpaired) electrons. The molecule has 0 aliphatic heterocycles. The zero-order chi connectivity index (χ0) is 15.2. The van der Waals surface area contributed by atoms with E-state index in [0.717, 1.165) is 18.6 Å². The third kappa shape index (κ3) is 4.44. The fraction of sp³-hybridized carbons (Fsp3) is 0.467. The highest BCUT2D eigenvalue weighted by Crippen LogP contribution is 2.26. The van der Waals surface area contributed by atoms with Gasteiger partial charge in [-0.1, -0.05) is 25.7 Å². The topological polar surface area (TPSA) is 78.4 Å². The van der Waals surface area contributed by atoms with E-state index in [0.29, 0.717) is 12.5 Å². The number of anilines is 1. The molecule has 5 nitrogen and oxygen atoms in total. The zero-order valence-electron chi connectivity index (χ0n) is 11.7. The fourth-order valence-corrected chi connectivity index (χ4v) is 2.63. The lowest BCUT2D eigenvalue weighted by Crippen LogP contribution is -2.30. The Bertz CT molecular complexity index is 528. The summed E-state index contributed by atoms with van der Waals surface area (Å²) in [5.74, 6) is -1.51. The van der Waals surface area contributed by atoms with Gasteiger partial charge in [-0.25, -0.2) is 14.0 Å². The number of hydrogen-bond acceptors (Lipinski definition) is 2. The number of aromatic carboxylic acids is 1. The third-order valence-electron chi connectivity index (χ3n) is 3.77. The molecule has 1 aliphatic carbocycles. The molecule has 3 N–H and O–H groups in total. The largest absolute Gasteiger partial charge is 0.478 e. The molecule has 21 heavy (non-hydrogen) atoms. The van der Waals surface area contributed by atoms with Crippen molar-refractivity contribution in [2.75, 3.05) is 11.9 Å². The SMILES string of the molecule is O=C(NCCC1CCCC1)Nc1ccc(C(=O)O)c(F)c1. The molecule has 0 heterocycles. The minimum atomic E-state index is -1.33. The Morgan fingerprint density at radius 3 is 2.62 bits per heavy atom. The summed E-state index contributed by atoms with van der Waals surface area (Å²) in [6, 6.07) is 3.09. The van der Waals surface area contributed by atoms with Crippen LogP contribution in [0.15, 0.2) is 18.2 Å². The van der Waals surface area contributed by atoms with Crippen molar-refractivity contribution in [3.8, 4) is 0 Å². The molecule has 114 valence electrons. The van der Waals surface area contributed by atoms with E-state index in [4.69, 9.17) is 5.11 Å². The standard InChI is InChI=1S/C15H19FN2O3/c16-13-9-11(5-6-12(13)14(19)20)18-15(21)17-8-7-10-3-1-2-4-10/h5-6,9-10H,1-4,7-8H2,(H,19,20)(H2,17,18,21). The van der Waals surface area contributed by atoms with Gasteiger partial charge in [-0.2, -0.15) is 0 Å². The van der Waals surface area contributed by atoms with Gasteiger partial charge in [0.05, 0.1) is 5.56 Å². The molecular weight excluding hydrogens is 275 g/mol. The van der Waals surface area contributed by atoms with Crippen molar-refractivity contribution >= 4 is 17.7 Å². The average Bonchev–Trinajstić information content (AvgIpc) is 2.91. The number of urea groups is 1. The summed E-state index contributed by atoms with van der Waals surface area (Å²) in [4.78, 5) is 22.3. The quantitative estimate of drug-likeness (QED) is 0.780. The number of carboxylic acid groups (broad SMARTS) is 1. The molecular formula is C15H19FN2O3. The van der Waals surface area contributed by atoms with Crippen molar-refractivity contribution in [3.05, 3.63) is 29.6 Å². The summed E-state index contributed by atoms with van der Waals surface area (Å²) in [6.45, 7) is 0.589. The second kappa shape index (κ2) is 7.06. The van der Waals surface area contributed by atoms with Crippen LogP contribution < -0.4 is 10.6 Å². The van der Waals surface area contributed by atoms with E-state index < -0.39 is 23.4 Å². The first-order valence-corrected chi connectivity index (χ1v) is 7.14. The van der Waals surface area contributed by atoms with Crippen LogP contribution in [-0.2, 0) is 0 Å². The average molecular weight is 294 g/mol. The summed E-state index contributed by atoms with van der Waals surface area (Å²) in [5, 5.41) is 13.9. The highest BCUT2D eigenvalue weighted by atomic mass is 19.1. The number of nitrogens with one attached hydrogen (secondary N) is 2. The van der Waals surface area contributed by atoms with Gasteiger partial charge in [0.2, 0.25) is 0 Å². The van der Waals surface area contributed by atoms with Crippen molar-refractivity contribution in [2.45, 2.75) is 32.1 Å². The molecule has 2 rings (SSSR count). The van der Waals surface area contributed by atoms with E-state index in [1.54, 1.807) is 0 Å². The molecule has 0 bridgehead atoms. The molecule has 6 heteroatoms. The van der Waals surface area contributed by atoms with Gasteiger partial charge in [-0.15, -0.1) is 0 Å². The molecule has 2 amide bonds. The summed E-state index contributed by atoms with van der Waals surface area (Å²) in [7, 11) is 0. The minimum Gasteiger partial charge on any atom is -0.478 e. The Morgan fingerprint density at radius 1 is 1.29 bits per heavy atom. The molecule has 1 saturated carbocycles. The normalized spacial score (nSPS) is 14.9.